The van der Waals surface area contributed by atoms with Gasteiger partial charge in [-0.1, -0.05) is 24.3 Å². The Balaban J connectivity index is 1.90. The highest BCUT2D eigenvalue weighted by molar-refractivity contribution is 7.19. The van der Waals surface area contributed by atoms with Crippen molar-refractivity contribution >= 4 is 33.1 Å². The highest BCUT2D eigenvalue weighted by Crippen LogP contribution is 2.42. The van der Waals surface area contributed by atoms with Crippen LogP contribution in [0.25, 0.3) is 21.3 Å². The molecule has 2 heterocycles. The minimum Gasteiger partial charge on any atom is -0.492 e. The molecular formula is C22H20FN3OS. The lowest BCUT2D eigenvalue weighted by Gasteiger charge is -2.13. The fourth-order valence-electron chi connectivity index (χ4n) is 3.25. The Morgan fingerprint density at radius 2 is 1.79 bits per heavy atom. The largest absolute Gasteiger partial charge is 0.492 e. The molecule has 1 N–H and O–H groups in total. The van der Waals surface area contributed by atoms with Crippen molar-refractivity contribution in [2.75, 3.05) is 11.9 Å². The van der Waals surface area contributed by atoms with Crippen LogP contribution in [-0.4, -0.2) is 16.6 Å². The summed E-state index contributed by atoms with van der Waals surface area (Å²) in [5, 5.41) is 4.37. The molecule has 2 aromatic heterocycles. The monoisotopic (exact) mass is 393 g/mol. The number of hydrogen-bond acceptors (Lipinski definition) is 5. The molecule has 4 nitrogen and oxygen atoms in total. The molecule has 0 fully saturated rings. The van der Waals surface area contributed by atoms with E-state index in [4.69, 9.17) is 4.74 Å². The number of nitrogens with zero attached hydrogens (tertiary/aromatic N) is 2. The van der Waals surface area contributed by atoms with Gasteiger partial charge in [0, 0.05) is 10.4 Å². The number of benzene rings is 2. The molecule has 4 rings (SSSR count). The Labute approximate surface area is 167 Å². The van der Waals surface area contributed by atoms with Gasteiger partial charge in [-0.15, -0.1) is 11.3 Å². The van der Waals surface area contributed by atoms with Gasteiger partial charge in [0.05, 0.1) is 17.7 Å². The molecule has 0 amide bonds. The van der Waals surface area contributed by atoms with Crippen molar-refractivity contribution in [3.8, 4) is 16.9 Å². The first-order valence-electron chi connectivity index (χ1n) is 9.09. The van der Waals surface area contributed by atoms with Crippen LogP contribution in [0, 0.1) is 19.7 Å². The first-order valence-corrected chi connectivity index (χ1v) is 9.91. The number of thiophene rings is 1. The maximum absolute atomic E-state index is 13.4. The van der Waals surface area contributed by atoms with E-state index >= 15 is 0 Å². The van der Waals surface area contributed by atoms with Crippen molar-refractivity contribution in [1.29, 1.82) is 0 Å². The van der Waals surface area contributed by atoms with Gasteiger partial charge >= 0.3 is 0 Å². The molecule has 4 aromatic rings. The van der Waals surface area contributed by atoms with E-state index in [1.54, 1.807) is 23.5 Å². The number of para-hydroxylation sites is 2. The topological polar surface area (TPSA) is 47.0 Å². The van der Waals surface area contributed by atoms with Crippen LogP contribution in [-0.2, 0) is 0 Å². The van der Waals surface area contributed by atoms with Gasteiger partial charge < -0.3 is 10.1 Å². The van der Waals surface area contributed by atoms with Gasteiger partial charge in [0.2, 0.25) is 0 Å². The van der Waals surface area contributed by atoms with Gasteiger partial charge in [0.25, 0.3) is 0 Å². The molecule has 142 valence electrons. The molecule has 0 bridgehead atoms. The second-order valence-electron chi connectivity index (χ2n) is 6.39. The van der Waals surface area contributed by atoms with Crippen LogP contribution in [0.2, 0.25) is 0 Å². The number of rotatable bonds is 5. The summed E-state index contributed by atoms with van der Waals surface area (Å²) in [4.78, 5) is 11.3. The third-order valence-corrected chi connectivity index (χ3v) is 5.41. The standard InChI is InChI=1S/C22H20FN3OS/c1-4-27-18-8-6-5-7-17(18)26-21-20-19(15-9-11-16(23)12-10-15)13(2)28-22(20)25-14(3)24-21/h5-12H,4H2,1-3H3,(H,24,25,26). The van der Waals surface area contributed by atoms with Crippen LogP contribution < -0.4 is 10.1 Å². The summed E-state index contributed by atoms with van der Waals surface area (Å²) in [6, 6.07) is 14.3. The van der Waals surface area contributed by atoms with Gasteiger partial charge in [-0.3, -0.25) is 0 Å². The minimum absolute atomic E-state index is 0.253. The number of hydrogen-bond donors (Lipinski definition) is 1. The second-order valence-corrected chi connectivity index (χ2v) is 7.60. The Hall–Kier alpha value is -2.99. The van der Waals surface area contributed by atoms with Gasteiger partial charge in [-0.25, -0.2) is 14.4 Å². The first-order chi connectivity index (χ1) is 13.6. The average molecular weight is 393 g/mol. The second kappa shape index (κ2) is 7.56. The van der Waals surface area contributed by atoms with Crippen molar-refractivity contribution in [2.45, 2.75) is 20.8 Å². The van der Waals surface area contributed by atoms with Gasteiger partial charge in [0.1, 0.15) is 28.0 Å². The number of aryl methyl sites for hydroxylation is 2. The van der Waals surface area contributed by atoms with Gasteiger partial charge in [-0.05, 0) is 50.6 Å². The Bertz CT molecular complexity index is 1140. The number of halogens is 1. The van der Waals surface area contributed by atoms with E-state index in [0.29, 0.717) is 12.4 Å². The predicted molar refractivity (Wildman–Crippen MR) is 113 cm³/mol. The zero-order valence-corrected chi connectivity index (χ0v) is 16.7. The Morgan fingerprint density at radius 3 is 2.54 bits per heavy atom. The van der Waals surface area contributed by atoms with Crippen LogP contribution in [0.4, 0.5) is 15.9 Å². The van der Waals surface area contributed by atoms with E-state index in [1.807, 2.05) is 38.1 Å². The zero-order chi connectivity index (χ0) is 19.7. The minimum atomic E-state index is -0.253. The van der Waals surface area contributed by atoms with Crippen molar-refractivity contribution in [3.63, 3.8) is 0 Å². The van der Waals surface area contributed by atoms with E-state index in [1.165, 1.54) is 12.1 Å². The molecule has 0 aliphatic heterocycles. The Morgan fingerprint density at radius 1 is 1.04 bits per heavy atom. The smallest absolute Gasteiger partial charge is 0.143 e. The lowest BCUT2D eigenvalue weighted by Crippen LogP contribution is -2.01. The lowest BCUT2D eigenvalue weighted by molar-refractivity contribution is 0.342. The van der Waals surface area contributed by atoms with E-state index in [9.17, 15) is 4.39 Å². The number of fused-ring (bicyclic) bond motifs is 1. The number of ether oxygens (including phenoxy) is 1. The predicted octanol–water partition coefficient (Wildman–Crippen LogP) is 6.26. The first kappa shape index (κ1) is 18.4. The van der Waals surface area contributed by atoms with E-state index < -0.39 is 0 Å². The molecule has 28 heavy (non-hydrogen) atoms. The summed E-state index contributed by atoms with van der Waals surface area (Å²) in [7, 11) is 0. The van der Waals surface area contributed by atoms with Crippen LogP contribution >= 0.6 is 11.3 Å². The molecule has 0 saturated heterocycles. The summed E-state index contributed by atoms with van der Waals surface area (Å²) < 4.78 is 19.2. The van der Waals surface area contributed by atoms with E-state index in [-0.39, 0.29) is 5.82 Å². The summed E-state index contributed by atoms with van der Waals surface area (Å²) in [6.07, 6.45) is 0. The molecule has 2 aromatic carbocycles. The fraction of sp³-hybridized carbons (Fsp3) is 0.182. The van der Waals surface area contributed by atoms with Crippen LogP contribution in [0.3, 0.4) is 0 Å². The van der Waals surface area contributed by atoms with Gasteiger partial charge in [-0.2, -0.15) is 0 Å². The maximum Gasteiger partial charge on any atom is 0.143 e. The quantitative estimate of drug-likeness (QED) is 0.435. The zero-order valence-electron chi connectivity index (χ0n) is 15.9. The molecule has 0 aliphatic rings. The maximum atomic E-state index is 13.4. The summed E-state index contributed by atoms with van der Waals surface area (Å²) in [5.74, 6) is 1.93. The van der Waals surface area contributed by atoms with Gasteiger partial charge in [0.15, 0.2) is 0 Å². The summed E-state index contributed by atoms with van der Waals surface area (Å²) >= 11 is 1.62. The molecule has 0 aliphatic carbocycles. The third kappa shape index (κ3) is 3.43. The molecule has 0 atom stereocenters. The van der Waals surface area contributed by atoms with Crippen LogP contribution in [0.5, 0.6) is 5.75 Å². The van der Waals surface area contributed by atoms with Crippen LogP contribution in [0.1, 0.15) is 17.6 Å². The van der Waals surface area contributed by atoms with E-state index in [0.717, 1.165) is 43.5 Å². The summed E-state index contributed by atoms with van der Waals surface area (Å²) in [6.45, 7) is 6.47. The van der Waals surface area contributed by atoms with E-state index in [2.05, 4.69) is 22.2 Å². The highest BCUT2D eigenvalue weighted by Gasteiger charge is 2.18. The van der Waals surface area contributed by atoms with Crippen LogP contribution in [0.15, 0.2) is 48.5 Å². The normalized spacial score (nSPS) is 11.0. The van der Waals surface area contributed by atoms with Crippen molar-refractivity contribution in [2.24, 2.45) is 0 Å². The molecule has 6 heteroatoms. The third-order valence-electron chi connectivity index (χ3n) is 4.41. The summed E-state index contributed by atoms with van der Waals surface area (Å²) in [5.41, 5.74) is 2.81. The SMILES string of the molecule is CCOc1ccccc1Nc1nc(C)nc2sc(C)c(-c3ccc(F)cc3)c12. The average Bonchev–Trinajstić information content (AvgIpc) is 3.00. The molecule has 0 spiro atoms. The lowest BCUT2D eigenvalue weighted by atomic mass is 10.0. The molecule has 0 radical (unpaired) electrons. The molecule has 0 saturated carbocycles. The fourth-order valence-corrected chi connectivity index (χ4v) is 4.34. The number of nitrogens with one attached hydrogen (secondary N) is 1. The van der Waals surface area contributed by atoms with Crippen molar-refractivity contribution < 1.29 is 9.13 Å². The van der Waals surface area contributed by atoms with Crippen molar-refractivity contribution in [3.05, 3.63) is 65.0 Å². The Kier molecular flexibility index (Phi) is 4.96. The van der Waals surface area contributed by atoms with Crippen molar-refractivity contribution in [1.82, 2.24) is 9.97 Å². The number of anilines is 2. The highest BCUT2D eigenvalue weighted by atomic mass is 32.1. The number of aromatic nitrogens is 2. The molecule has 0 unspecified atom stereocenters. The molecular weight excluding hydrogens is 373 g/mol.